The van der Waals surface area contributed by atoms with E-state index in [9.17, 15) is 0 Å². The lowest BCUT2D eigenvalue weighted by atomic mass is 10.1. The van der Waals surface area contributed by atoms with Crippen LogP contribution in [0.25, 0.3) is 0 Å². The van der Waals surface area contributed by atoms with Gasteiger partial charge in [0.25, 0.3) is 0 Å². The quantitative estimate of drug-likeness (QED) is 0.812. The summed E-state index contributed by atoms with van der Waals surface area (Å²) in [6, 6.07) is 14.3. The van der Waals surface area contributed by atoms with Crippen molar-refractivity contribution in [2.24, 2.45) is 0 Å². The molecule has 1 aliphatic heterocycles. The summed E-state index contributed by atoms with van der Waals surface area (Å²) in [4.78, 5) is 1.33. The van der Waals surface area contributed by atoms with Gasteiger partial charge in [0.2, 0.25) is 0 Å². The Bertz CT molecular complexity index is 566. The summed E-state index contributed by atoms with van der Waals surface area (Å²) in [5.41, 5.74) is 2.14. The van der Waals surface area contributed by atoms with E-state index in [1.165, 1.54) is 10.5 Å². The minimum atomic E-state index is 0.267. The van der Waals surface area contributed by atoms with E-state index in [1.807, 2.05) is 30.0 Å². The van der Waals surface area contributed by atoms with Crippen molar-refractivity contribution in [2.45, 2.75) is 10.9 Å². The zero-order chi connectivity index (χ0) is 12.5. The first-order valence-corrected chi connectivity index (χ1v) is 7.42. The molecule has 3 rings (SSSR count). The van der Waals surface area contributed by atoms with Crippen LogP contribution in [0, 0.1) is 0 Å². The molecule has 18 heavy (non-hydrogen) atoms. The van der Waals surface area contributed by atoms with E-state index in [1.54, 1.807) is 0 Å². The van der Waals surface area contributed by atoms with E-state index < -0.39 is 0 Å². The first-order chi connectivity index (χ1) is 8.75. The van der Waals surface area contributed by atoms with Crippen LogP contribution in [0.2, 0.25) is 10.0 Å². The summed E-state index contributed by atoms with van der Waals surface area (Å²) < 4.78 is 0. The largest absolute Gasteiger partial charge is 0.375 e. The number of para-hydroxylation sites is 1. The van der Waals surface area contributed by atoms with Gasteiger partial charge in [0.15, 0.2) is 0 Å². The molecule has 0 aromatic heterocycles. The van der Waals surface area contributed by atoms with Gasteiger partial charge >= 0.3 is 0 Å². The molecule has 2 aromatic carbocycles. The van der Waals surface area contributed by atoms with E-state index in [4.69, 9.17) is 23.2 Å². The van der Waals surface area contributed by atoms with Crippen molar-refractivity contribution in [3.8, 4) is 0 Å². The third-order valence-corrected chi connectivity index (χ3v) is 4.79. The molecule has 1 nitrogen and oxygen atoms in total. The number of anilines is 1. The number of rotatable bonds is 2. The van der Waals surface area contributed by atoms with Crippen molar-refractivity contribution < 1.29 is 0 Å². The van der Waals surface area contributed by atoms with Gasteiger partial charge in [0.05, 0.1) is 21.8 Å². The van der Waals surface area contributed by atoms with E-state index in [0.29, 0.717) is 10.0 Å². The summed E-state index contributed by atoms with van der Waals surface area (Å²) >= 11 is 14.2. The highest BCUT2D eigenvalue weighted by molar-refractivity contribution is 7.99. The zero-order valence-corrected chi connectivity index (χ0v) is 11.8. The summed E-state index contributed by atoms with van der Waals surface area (Å²) in [6.45, 7) is 0. The summed E-state index contributed by atoms with van der Waals surface area (Å²) in [5.74, 6) is 1.00. The smallest absolute Gasteiger partial charge is 0.0724 e. The average Bonchev–Trinajstić information content (AvgIpc) is 2.77. The fourth-order valence-corrected chi connectivity index (χ4v) is 3.76. The van der Waals surface area contributed by atoms with Crippen molar-refractivity contribution in [1.29, 1.82) is 0 Å². The topological polar surface area (TPSA) is 12.0 Å². The minimum Gasteiger partial charge on any atom is -0.375 e. The number of hydrogen-bond acceptors (Lipinski definition) is 2. The van der Waals surface area contributed by atoms with Gasteiger partial charge in [-0.3, -0.25) is 0 Å². The normalized spacial score (nSPS) is 17.6. The van der Waals surface area contributed by atoms with Crippen LogP contribution in [0.15, 0.2) is 47.4 Å². The second-order valence-corrected chi connectivity index (χ2v) is 6.02. The third-order valence-electron chi connectivity index (χ3n) is 2.98. The number of halogens is 2. The van der Waals surface area contributed by atoms with Gasteiger partial charge in [-0.05, 0) is 23.8 Å². The lowest BCUT2D eigenvalue weighted by Gasteiger charge is -2.17. The number of hydrogen-bond donors (Lipinski definition) is 1. The van der Waals surface area contributed by atoms with Crippen LogP contribution in [0.1, 0.15) is 11.6 Å². The lowest BCUT2D eigenvalue weighted by molar-refractivity contribution is 0.900. The standard InChI is InChI=1S/C14H11Cl2NS/c15-10-5-3-6-11(16)14(10)17-12-8-18-13-7-2-1-4-9(12)13/h1-7,12,17H,8H2. The molecule has 1 heterocycles. The summed E-state index contributed by atoms with van der Waals surface area (Å²) in [6.07, 6.45) is 0. The predicted molar refractivity (Wildman–Crippen MR) is 80.0 cm³/mol. The number of thioether (sulfide) groups is 1. The third kappa shape index (κ3) is 2.20. The maximum atomic E-state index is 6.18. The highest BCUT2D eigenvalue weighted by Gasteiger charge is 2.23. The Morgan fingerprint density at radius 1 is 1.00 bits per heavy atom. The molecule has 0 bridgehead atoms. The molecule has 0 spiro atoms. The van der Waals surface area contributed by atoms with Gasteiger partial charge in [-0.15, -0.1) is 11.8 Å². The number of nitrogens with one attached hydrogen (secondary N) is 1. The van der Waals surface area contributed by atoms with E-state index in [2.05, 4.69) is 29.6 Å². The molecular weight excluding hydrogens is 285 g/mol. The highest BCUT2D eigenvalue weighted by Crippen LogP contribution is 2.41. The first-order valence-electron chi connectivity index (χ1n) is 5.68. The molecule has 1 unspecified atom stereocenters. The Labute approximate surface area is 120 Å². The van der Waals surface area contributed by atoms with Crippen LogP contribution in [0.3, 0.4) is 0 Å². The number of benzene rings is 2. The van der Waals surface area contributed by atoms with Crippen LogP contribution < -0.4 is 5.32 Å². The SMILES string of the molecule is Clc1cccc(Cl)c1NC1CSc2ccccc21. The molecule has 0 aliphatic carbocycles. The lowest BCUT2D eigenvalue weighted by Crippen LogP contribution is -2.10. The Morgan fingerprint density at radius 2 is 1.72 bits per heavy atom. The zero-order valence-electron chi connectivity index (χ0n) is 9.49. The molecular formula is C14H11Cl2NS. The molecule has 0 saturated heterocycles. The van der Waals surface area contributed by atoms with Crippen molar-refractivity contribution in [2.75, 3.05) is 11.1 Å². The van der Waals surface area contributed by atoms with Crippen molar-refractivity contribution >= 4 is 40.7 Å². The molecule has 4 heteroatoms. The fraction of sp³-hybridized carbons (Fsp3) is 0.143. The number of fused-ring (bicyclic) bond motifs is 1. The van der Waals surface area contributed by atoms with Gasteiger partial charge in [-0.2, -0.15) is 0 Å². The van der Waals surface area contributed by atoms with Crippen LogP contribution in [0.5, 0.6) is 0 Å². The molecule has 0 radical (unpaired) electrons. The monoisotopic (exact) mass is 295 g/mol. The Kier molecular flexibility index (Phi) is 3.42. The van der Waals surface area contributed by atoms with Crippen LogP contribution >= 0.6 is 35.0 Å². The van der Waals surface area contributed by atoms with Gasteiger partial charge in [-0.1, -0.05) is 47.5 Å². The van der Waals surface area contributed by atoms with Crippen LogP contribution in [-0.4, -0.2) is 5.75 Å². The Balaban J connectivity index is 1.91. The van der Waals surface area contributed by atoms with Crippen LogP contribution in [-0.2, 0) is 0 Å². The second-order valence-electron chi connectivity index (χ2n) is 4.14. The Hall–Kier alpha value is -0.830. The van der Waals surface area contributed by atoms with Gasteiger partial charge < -0.3 is 5.32 Å². The first kappa shape index (κ1) is 12.2. The predicted octanol–water partition coefficient (Wildman–Crippen LogP) is 5.25. The van der Waals surface area contributed by atoms with Gasteiger partial charge in [0, 0.05) is 10.6 Å². The van der Waals surface area contributed by atoms with Crippen molar-refractivity contribution in [3.63, 3.8) is 0 Å². The van der Waals surface area contributed by atoms with E-state index >= 15 is 0 Å². The van der Waals surface area contributed by atoms with Gasteiger partial charge in [-0.25, -0.2) is 0 Å². The molecule has 0 fully saturated rings. The second kappa shape index (κ2) is 5.04. The summed E-state index contributed by atoms with van der Waals surface area (Å²) in [5, 5.41) is 4.78. The molecule has 0 amide bonds. The average molecular weight is 296 g/mol. The molecule has 1 N–H and O–H groups in total. The maximum Gasteiger partial charge on any atom is 0.0724 e. The maximum absolute atomic E-state index is 6.18. The molecule has 2 aromatic rings. The van der Waals surface area contributed by atoms with E-state index in [0.717, 1.165) is 11.4 Å². The molecule has 0 saturated carbocycles. The molecule has 1 atom stereocenters. The van der Waals surface area contributed by atoms with E-state index in [-0.39, 0.29) is 6.04 Å². The summed E-state index contributed by atoms with van der Waals surface area (Å²) in [7, 11) is 0. The molecule has 92 valence electrons. The van der Waals surface area contributed by atoms with Crippen LogP contribution in [0.4, 0.5) is 5.69 Å². The van der Waals surface area contributed by atoms with Gasteiger partial charge in [0.1, 0.15) is 0 Å². The highest BCUT2D eigenvalue weighted by atomic mass is 35.5. The van der Waals surface area contributed by atoms with Crippen molar-refractivity contribution in [3.05, 3.63) is 58.1 Å². The fourth-order valence-electron chi connectivity index (χ4n) is 2.09. The minimum absolute atomic E-state index is 0.267. The molecule has 1 aliphatic rings. The van der Waals surface area contributed by atoms with Crippen molar-refractivity contribution in [1.82, 2.24) is 0 Å². The Morgan fingerprint density at radius 3 is 2.50 bits per heavy atom.